The van der Waals surface area contributed by atoms with E-state index in [1.54, 1.807) is 37.4 Å². The molecule has 33 heavy (non-hydrogen) atoms. The van der Waals surface area contributed by atoms with E-state index in [-0.39, 0.29) is 18.2 Å². The number of methoxy groups -OCH3 is 1. The minimum atomic E-state index is -0.614. The molecule has 0 saturated carbocycles. The van der Waals surface area contributed by atoms with Crippen LogP contribution in [0.2, 0.25) is 5.02 Å². The van der Waals surface area contributed by atoms with Crippen molar-refractivity contribution in [1.29, 1.82) is 0 Å². The summed E-state index contributed by atoms with van der Waals surface area (Å²) < 4.78 is 5.23. The Labute approximate surface area is 199 Å². The second kappa shape index (κ2) is 8.84. The standard InChI is InChI=1S/C25H18ClN3O3S/c1-32-18-9-5-8-17(13-18)29-22(30)14-21(24(29)31)33-25-27-20-11-10-16(26)12-19(20)23(28-25)15-6-3-2-4-7-15/h2-13,21H,14H2,1H3/t21-/m0/s1. The zero-order valence-corrected chi connectivity index (χ0v) is 19.1. The van der Waals surface area contributed by atoms with Gasteiger partial charge in [0.15, 0.2) is 5.16 Å². The molecule has 1 fully saturated rings. The Morgan fingerprint density at radius 2 is 1.82 bits per heavy atom. The topological polar surface area (TPSA) is 72.4 Å². The number of imide groups is 1. The van der Waals surface area contributed by atoms with E-state index in [0.29, 0.717) is 21.6 Å². The van der Waals surface area contributed by atoms with Gasteiger partial charge in [-0.2, -0.15) is 0 Å². The van der Waals surface area contributed by atoms with Crippen molar-refractivity contribution in [2.75, 3.05) is 12.0 Å². The monoisotopic (exact) mass is 475 g/mol. The van der Waals surface area contributed by atoms with Gasteiger partial charge in [-0.25, -0.2) is 14.9 Å². The van der Waals surface area contributed by atoms with Crippen molar-refractivity contribution in [3.8, 4) is 17.0 Å². The van der Waals surface area contributed by atoms with Crippen LogP contribution in [0.1, 0.15) is 6.42 Å². The number of rotatable bonds is 5. The highest BCUT2D eigenvalue weighted by atomic mass is 35.5. The maximum Gasteiger partial charge on any atom is 0.247 e. The molecular formula is C25H18ClN3O3S. The quantitative estimate of drug-likeness (QED) is 0.285. The van der Waals surface area contributed by atoms with E-state index in [1.807, 2.05) is 42.5 Å². The molecule has 0 N–H and O–H groups in total. The summed E-state index contributed by atoms with van der Waals surface area (Å²) in [6, 6.07) is 22.1. The molecule has 8 heteroatoms. The van der Waals surface area contributed by atoms with Gasteiger partial charge in [0, 0.05) is 28.5 Å². The zero-order valence-electron chi connectivity index (χ0n) is 17.6. The average Bonchev–Trinajstić information content (AvgIpc) is 3.11. The van der Waals surface area contributed by atoms with Gasteiger partial charge >= 0.3 is 0 Å². The Kier molecular flexibility index (Phi) is 5.74. The van der Waals surface area contributed by atoms with Crippen molar-refractivity contribution in [2.24, 2.45) is 0 Å². The van der Waals surface area contributed by atoms with Crippen LogP contribution in [0.15, 0.2) is 78.0 Å². The molecule has 1 saturated heterocycles. The van der Waals surface area contributed by atoms with Crippen LogP contribution in [0.4, 0.5) is 5.69 Å². The molecule has 4 aromatic rings. The fourth-order valence-electron chi connectivity index (χ4n) is 3.79. The van der Waals surface area contributed by atoms with Crippen LogP contribution in [0.5, 0.6) is 5.75 Å². The van der Waals surface area contributed by atoms with Gasteiger partial charge in [-0.1, -0.05) is 59.8 Å². The van der Waals surface area contributed by atoms with Crippen molar-refractivity contribution in [2.45, 2.75) is 16.8 Å². The van der Waals surface area contributed by atoms with Crippen LogP contribution in [0.25, 0.3) is 22.2 Å². The Bertz CT molecular complexity index is 1380. The summed E-state index contributed by atoms with van der Waals surface area (Å²) >= 11 is 7.43. The molecule has 1 aliphatic rings. The predicted molar refractivity (Wildman–Crippen MR) is 130 cm³/mol. The van der Waals surface area contributed by atoms with Gasteiger partial charge < -0.3 is 4.74 Å². The van der Waals surface area contributed by atoms with Gasteiger partial charge in [0.2, 0.25) is 11.8 Å². The maximum atomic E-state index is 13.2. The summed E-state index contributed by atoms with van der Waals surface area (Å²) in [5.74, 6) is 0.0224. The summed E-state index contributed by atoms with van der Waals surface area (Å²) in [5, 5.41) is 1.23. The summed E-state index contributed by atoms with van der Waals surface area (Å²) in [4.78, 5) is 36.5. The molecular weight excluding hydrogens is 458 g/mol. The third kappa shape index (κ3) is 4.17. The first-order valence-corrected chi connectivity index (χ1v) is 11.5. The number of nitrogens with zero attached hydrogens (tertiary/aromatic N) is 3. The Hall–Kier alpha value is -3.42. The fourth-order valence-corrected chi connectivity index (χ4v) is 4.95. The lowest BCUT2D eigenvalue weighted by molar-refractivity contribution is -0.121. The minimum Gasteiger partial charge on any atom is -0.497 e. The Morgan fingerprint density at radius 1 is 1.00 bits per heavy atom. The number of carbonyl (C=O) groups excluding carboxylic acids is 2. The number of aromatic nitrogens is 2. The fraction of sp³-hybridized carbons (Fsp3) is 0.120. The maximum absolute atomic E-state index is 13.2. The van der Waals surface area contributed by atoms with Crippen molar-refractivity contribution >= 4 is 51.8 Å². The normalized spacial score (nSPS) is 15.9. The number of anilines is 1. The van der Waals surface area contributed by atoms with E-state index in [4.69, 9.17) is 21.3 Å². The number of fused-ring (bicyclic) bond motifs is 1. The SMILES string of the molecule is COc1cccc(N2C(=O)C[C@H](Sc3nc(-c4ccccc4)c4cc(Cl)ccc4n3)C2=O)c1. The minimum absolute atomic E-state index is 0.0728. The van der Waals surface area contributed by atoms with Crippen molar-refractivity contribution in [1.82, 2.24) is 9.97 Å². The van der Waals surface area contributed by atoms with Gasteiger partial charge in [-0.3, -0.25) is 9.59 Å². The molecule has 5 rings (SSSR count). The second-order valence-electron chi connectivity index (χ2n) is 7.46. The van der Waals surface area contributed by atoms with Crippen molar-refractivity contribution in [3.63, 3.8) is 0 Å². The molecule has 0 unspecified atom stereocenters. The van der Waals surface area contributed by atoms with Crippen molar-refractivity contribution < 1.29 is 14.3 Å². The van der Waals surface area contributed by atoms with E-state index < -0.39 is 5.25 Å². The van der Waals surface area contributed by atoms with E-state index in [0.717, 1.165) is 22.2 Å². The molecule has 3 aromatic carbocycles. The average molecular weight is 476 g/mol. The number of hydrogen-bond donors (Lipinski definition) is 0. The number of halogens is 1. The molecule has 0 aliphatic carbocycles. The van der Waals surface area contributed by atoms with Crippen LogP contribution in [-0.4, -0.2) is 34.1 Å². The number of hydrogen-bond acceptors (Lipinski definition) is 6. The molecule has 1 atom stereocenters. The third-order valence-corrected chi connectivity index (χ3v) is 6.63. The molecule has 2 heterocycles. The van der Waals surface area contributed by atoms with Gasteiger partial charge in [0.05, 0.1) is 24.0 Å². The number of amides is 2. The summed E-state index contributed by atoms with van der Waals surface area (Å²) in [6.45, 7) is 0. The number of ether oxygens (including phenoxy) is 1. The van der Waals surface area contributed by atoms with Crippen molar-refractivity contribution in [3.05, 3.63) is 77.8 Å². The second-order valence-corrected chi connectivity index (χ2v) is 9.07. The molecule has 1 aromatic heterocycles. The Morgan fingerprint density at radius 3 is 2.61 bits per heavy atom. The highest BCUT2D eigenvalue weighted by molar-refractivity contribution is 8.00. The van der Waals surface area contributed by atoms with Crippen LogP contribution >= 0.6 is 23.4 Å². The Balaban J connectivity index is 1.50. The third-order valence-electron chi connectivity index (χ3n) is 5.35. The molecule has 0 bridgehead atoms. The zero-order chi connectivity index (χ0) is 22.9. The lowest BCUT2D eigenvalue weighted by atomic mass is 10.1. The van der Waals surface area contributed by atoms with Gasteiger partial charge in [-0.15, -0.1) is 0 Å². The van der Waals surface area contributed by atoms with E-state index >= 15 is 0 Å². The molecule has 164 valence electrons. The largest absolute Gasteiger partial charge is 0.497 e. The first-order chi connectivity index (χ1) is 16.0. The lowest BCUT2D eigenvalue weighted by Gasteiger charge is -2.16. The lowest BCUT2D eigenvalue weighted by Crippen LogP contribution is -2.31. The van der Waals surface area contributed by atoms with E-state index in [1.165, 1.54) is 16.7 Å². The van der Waals surface area contributed by atoms with E-state index in [9.17, 15) is 9.59 Å². The molecule has 0 spiro atoms. The van der Waals surface area contributed by atoms with Gasteiger partial charge in [-0.05, 0) is 30.3 Å². The first-order valence-electron chi connectivity index (χ1n) is 10.2. The van der Waals surface area contributed by atoms with Crippen LogP contribution in [-0.2, 0) is 9.59 Å². The first kappa shape index (κ1) is 21.4. The predicted octanol–water partition coefficient (Wildman–Crippen LogP) is 5.38. The van der Waals surface area contributed by atoms with Gasteiger partial charge in [0.25, 0.3) is 0 Å². The summed E-state index contributed by atoms with van der Waals surface area (Å²) in [7, 11) is 1.54. The van der Waals surface area contributed by atoms with Crippen LogP contribution in [0, 0.1) is 0 Å². The highest BCUT2D eigenvalue weighted by Gasteiger charge is 2.41. The summed E-state index contributed by atoms with van der Waals surface area (Å²) in [6.07, 6.45) is 0.0728. The molecule has 1 aliphatic heterocycles. The van der Waals surface area contributed by atoms with E-state index in [2.05, 4.69) is 4.98 Å². The number of benzene rings is 3. The summed E-state index contributed by atoms with van der Waals surface area (Å²) in [5.41, 5.74) is 2.86. The number of thioether (sulfide) groups is 1. The van der Waals surface area contributed by atoms with Gasteiger partial charge in [0.1, 0.15) is 11.0 Å². The highest BCUT2D eigenvalue weighted by Crippen LogP contribution is 2.36. The van der Waals surface area contributed by atoms with Crippen LogP contribution in [0.3, 0.4) is 0 Å². The molecule has 0 radical (unpaired) electrons. The molecule has 2 amide bonds. The molecule has 6 nitrogen and oxygen atoms in total. The number of carbonyl (C=O) groups is 2. The van der Waals surface area contributed by atoms with Crippen LogP contribution < -0.4 is 9.64 Å². The smallest absolute Gasteiger partial charge is 0.247 e.